The minimum atomic E-state index is -0.414. The molecule has 5 heteroatoms. The fraction of sp³-hybridized carbons (Fsp3) is 0.417. The summed E-state index contributed by atoms with van der Waals surface area (Å²) >= 11 is 0. The molecular formula is C12H15N3O2. The predicted molar refractivity (Wildman–Crippen MR) is 62.0 cm³/mol. The number of hydrogen-bond donors (Lipinski definition) is 1. The molecule has 2 rings (SSSR count). The largest absolute Gasteiger partial charge is 0.299 e. The summed E-state index contributed by atoms with van der Waals surface area (Å²) in [7, 11) is 1.51. The van der Waals surface area contributed by atoms with Gasteiger partial charge in [0.1, 0.15) is 0 Å². The van der Waals surface area contributed by atoms with Gasteiger partial charge in [0.25, 0.3) is 0 Å². The Morgan fingerprint density at radius 3 is 2.82 bits per heavy atom. The maximum absolute atomic E-state index is 11.7. The lowest BCUT2D eigenvalue weighted by molar-refractivity contribution is -0.137. The highest BCUT2D eigenvalue weighted by Crippen LogP contribution is 2.16. The molecule has 5 nitrogen and oxygen atoms in total. The number of amides is 2. The summed E-state index contributed by atoms with van der Waals surface area (Å²) in [6.45, 7) is 1.95. The van der Waals surface area contributed by atoms with Gasteiger partial charge >= 0.3 is 0 Å². The average molecular weight is 233 g/mol. The molecule has 1 fully saturated rings. The second-order valence-corrected chi connectivity index (χ2v) is 4.22. The summed E-state index contributed by atoms with van der Waals surface area (Å²) in [5, 5.41) is 3.15. The van der Waals surface area contributed by atoms with E-state index in [1.807, 2.05) is 19.1 Å². The number of carbonyl (C=O) groups excluding carboxylic acids is 2. The minimum absolute atomic E-state index is 0.00282. The number of carbonyl (C=O) groups is 2. The van der Waals surface area contributed by atoms with Gasteiger partial charge in [0.05, 0.1) is 12.5 Å². The highest BCUT2D eigenvalue weighted by Gasteiger charge is 2.36. The molecule has 0 radical (unpaired) electrons. The highest BCUT2D eigenvalue weighted by atomic mass is 16.2. The summed E-state index contributed by atoms with van der Waals surface area (Å²) in [4.78, 5) is 28.3. The van der Waals surface area contributed by atoms with Crippen molar-refractivity contribution >= 4 is 11.8 Å². The van der Waals surface area contributed by atoms with Crippen LogP contribution in [0.4, 0.5) is 0 Å². The summed E-state index contributed by atoms with van der Waals surface area (Å²) in [6.07, 6.45) is 3.69. The topological polar surface area (TPSA) is 62.3 Å². The van der Waals surface area contributed by atoms with Crippen molar-refractivity contribution in [1.82, 2.24) is 15.2 Å². The van der Waals surface area contributed by atoms with Gasteiger partial charge in [-0.1, -0.05) is 6.07 Å². The number of pyridine rings is 1. The van der Waals surface area contributed by atoms with Gasteiger partial charge in [0, 0.05) is 25.5 Å². The SMILES string of the molecule is C[C@H](NC1CC(=O)N(C)C1=O)c1cccnc1. The van der Waals surface area contributed by atoms with Gasteiger partial charge < -0.3 is 0 Å². The van der Waals surface area contributed by atoms with E-state index in [1.165, 1.54) is 11.9 Å². The van der Waals surface area contributed by atoms with E-state index in [1.54, 1.807) is 12.4 Å². The van der Waals surface area contributed by atoms with E-state index in [-0.39, 0.29) is 24.3 Å². The lowest BCUT2D eigenvalue weighted by Crippen LogP contribution is -2.38. The van der Waals surface area contributed by atoms with Crippen molar-refractivity contribution in [3.05, 3.63) is 30.1 Å². The van der Waals surface area contributed by atoms with Crippen LogP contribution >= 0.6 is 0 Å². The third-order valence-corrected chi connectivity index (χ3v) is 3.02. The number of likely N-dealkylation sites (tertiary alicyclic amines) is 1. The molecule has 1 aliphatic heterocycles. The van der Waals surface area contributed by atoms with Gasteiger partial charge in [-0.2, -0.15) is 0 Å². The smallest absolute Gasteiger partial charge is 0.246 e. The Hall–Kier alpha value is -1.75. The van der Waals surface area contributed by atoms with Gasteiger partial charge in [-0.25, -0.2) is 0 Å². The van der Waals surface area contributed by atoms with Crippen LogP contribution < -0.4 is 5.32 Å². The molecule has 1 aromatic rings. The molecule has 0 aliphatic carbocycles. The quantitative estimate of drug-likeness (QED) is 0.772. The fourth-order valence-electron chi connectivity index (χ4n) is 1.92. The number of rotatable bonds is 3. The molecule has 0 aromatic carbocycles. The van der Waals surface area contributed by atoms with Crippen molar-refractivity contribution in [2.75, 3.05) is 7.05 Å². The Bertz CT molecular complexity index is 433. The van der Waals surface area contributed by atoms with Crippen LogP contribution in [0.3, 0.4) is 0 Å². The molecule has 2 amide bonds. The molecular weight excluding hydrogens is 218 g/mol. The molecule has 2 heterocycles. The van der Waals surface area contributed by atoms with Crippen molar-refractivity contribution in [2.24, 2.45) is 0 Å². The number of nitrogens with zero attached hydrogens (tertiary/aromatic N) is 2. The van der Waals surface area contributed by atoms with Crippen molar-refractivity contribution in [3.63, 3.8) is 0 Å². The second-order valence-electron chi connectivity index (χ2n) is 4.22. The van der Waals surface area contributed by atoms with E-state index in [2.05, 4.69) is 10.3 Å². The molecule has 1 saturated heterocycles. The summed E-state index contributed by atoms with van der Waals surface area (Å²) in [5.41, 5.74) is 1.00. The zero-order chi connectivity index (χ0) is 12.4. The molecule has 0 spiro atoms. The first-order chi connectivity index (χ1) is 8.09. The molecule has 2 atom stereocenters. The molecule has 1 N–H and O–H groups in total. The molecule has 1 aromatic heterocycles. The Morgan fingerprint density at radius 1 is 1.53 bits per heavy atom. The number of imide groups is 1. The molecule has 0 saturated carbocycles. The van der Waals surface area contributed by atoms with E-state index in [4.69, 9.17) is 0 Å². The zero-order valence-electron chi connectivity index (χ0n) is 9.88. The summed E-state index contributed by atoms with van der Waals surface area (Å²) in [6, 6.07) is 3.37. The maximum Gasteiger partial charge on any atom is 0.246 e. The van der Waals surface area contributed by atoms with E-state index in [9.17, 15) is 9.59 Å². The number of nitrogens with one attached hydrogen (secondary N) is 1. The van der Waals surface area contributed by atoms with E-state index >= 15 is 0 Å². The number of hydrogen-bond acceptors (Lipinski definition) is 4. The maximum atomic E-state index is 11.7. The van der Waals surface area contributed by atoms with Crippen LogP contribution in [0.2, 0.25) is 0 Å². The van der Waals surface area contributed by atoms with Crippen molar-refractivity contribution in [1.29, 1.82) is 0 Å². The third-order valence-electron chi connectivity index (χ3n) is 3.02. The first-order valence-corrected chi connectivity index (χ1v) is 5.56. The number of aromatic nitrogens is 1. The van der Waals surface area contributed by atoms with Gasteiger partial charge in [0.15, 0.2) is 0 Å². The highest BCUT2D eigenvalue weighted by molar-refractivity contribution is 6.05. The molecule has 17 heavy (non-hydrogen) atoms. The Morgan fingerprint density at radius 2 is 2.29 bits per heavy atom. The van der Waals surface area contributed by atoms with Gasteiger partial charge in [0.2, 0.25) is 11.8 Å². The predicted octanol–water partition coefficient (Wildman–Crippen LogP) is 0.489. The summed E-state index contributed by atoms with van der Waals surface area (Å²) in [5.74, 6) is -0.295. The van der Waals surface area contributed by atoms with Crippen LogP contribution in [0.5, 0.6) is 0 Å². The lowest BCUT2D eigenvalue weighted by Gasteiger charge is -2.17. The van der Waals surface area contributed by atoms with E-state index in [0.29, 0.717) is 0 Å². The van der Waals surface area contributed by atoms with Crippen LogP contribution in [0.1, 0.15) is 24.9 Å². The van der Waals surface area contributed by atoms with Gasteiger partial charge in [-0.05, 0) is 18.6 Å². The van der Waals surface area contributed by atoms with Crippen LogP contribution in [0.15, 0.2) is 24.5 Å². The summed E-state index contributed by atoms with van der Waals surface area (Å²) < 4.78 is 0. The first-order valence-electron chi connectivity index (χ1n) is 5.56. The van der Waals surface area contributed by atoms with Crippen molar-refractivity contribution < 1.29 is 9.59 Å². The standard InChI is InChI=1S/C12H15N3O2/c1-8(9-4-3-5-13-7-9)14-10-6-11(16)15(2)12(10)17/h3-5,7-8,10,14H,6H2,1-2H3/t8-,10?/m0/s1. The third kappa shape index (κ3) is 2.34. The Labute approximate surface area is 99.8 Å². The molecule has 1 aliphatic rings. The van der Waals surface area contributed by atoms with Crippen molar-refractivity contribution in [2.45, 2.75) is 25.4 Å². The van der Waals surface area contributed by atoms with Crippen LogP contribution in [-0.2, 0) is 9.59 Å². The monoisotopic (exact) mass is 233 g/mol. The van der Waals surface area contributed by atoms with Crippen LogP contribution in [0, 0.1) is 0 Å². The van der Waals surface area contributed by atoms with Crippen LogP contribution in [-0.4, -0.2) is 34.8 Å². The average Bonchev–Trinajstić information content (AvgIpc) is 2.58. The molecule has 1 unspecified atom stereocenters. The second kappa shape index (κ2) is 4.63. The fourth-order valence-corrected chi connectivity index (χ4v) is 1.92. The zero-order valence-corrected chi connectivity index (χ0v) is 9.88. The van der Waals surface area contributed by atoms with Crippen LogP contribution in [0.25, 0.3) is 0 Å². The first kappa shape index (κ1) is 11.7. The van der Waals surface area contributed by atoms with Crippen molar-refractivity contribution in [3.8, 4) is 0 Å². The number of likely N-dealkylation sites (N-methyl/N-ethyl adjacent to an activating group) is 1. The molecule has 0 bridgehead atoms. The van der Waals surface area contributed by atoms with E-state index in [0.717, 1.165) is 5.56 Å². The van der Waals surface area contributed by atoms with Gasteiger partial charge in [-0.15, -0.1) is 0 Å². The van der Waals surface area contributed by atoms with Gasteiger partial charge in [-0.3, -0.25) is 24.8 Å². The molecule has 90 valence electrons. The normalized spacial score (nSPS) is 22.0. The Kier molecular flexibility index (Phi) is 3.19. The minimum Gasteiger partial charge on any atom is -0.299 e. The van der Waals surface area contributed by atoms with E-state index < -0.39 is 6.04 Å². The Balaban J connectivity index is 2.03. The lowest BCUT2D eigenvalue weighted by atomic mass is 10.1.